The number of carbonyl (C=O) groups is 1. The van der Waals surface area contributed by atoms with E-state index < -0.39 is 0 Å². The molecule has 2 heterocycles. The highest BCUT2D eigenvalue weighted by Gasteiger charge is 2.27. The number of nitrogens with zero attached hydrogens (tertiary/aromatic N) is 3. The summed E-state index contributed by atoms with van der Waals surface area (Å²) in [6, 6.07) is 6.43. The third kappa shape index (κ3) is 3.85. The van der Waals surface area contributed by atoms with E-state index in [2.05, 4.69) is 15.1 Å². The summed E-state index contributed by atoms with van der Waals surface area (Å²) >= 11 is 1.55. The lowest BCUT2D eigenvalue weighted by Crippen LogP contribution is -2.36. The minimum Gasteiger partial charge on any atom is -0.469 e. The highest BCUT2D eigenvalue weighted by atomic mass is 32.1. The molecule has 1 aliphatic rings. The number of ether oxygens (including phenoxy) is 1. The Labute approximate surface area is 138 Å². The first-order valence-corrected chi connectivity index (χ1v) is 8.37. The number of anilines is 1. The third-order valence-electron chi connectivity index (χ3n) is 4.02. The molecule has 0 spiro atoms. The number of carbonyl (C=O) groups excluding carboxylic acids is 1. The van der Waals surface area contributed by atoms with Gasteiger partial charge in [-0.15, -0.1) is 10.2 Å². The summed E-state index contributed by atoms with van der Waals surface area (Å²) in [5.41, 5.74) is 1.01. The lowest BCUT2D eigenvalue weighted by atomic mass is 9.97. The molecule has 3 rings (SSSR count). The second-order valence-corrected chi connectivity index (χ2v) is 6.61. The van der Waals surface area contributed by atoms with E-state index >= 15 is 0 Å². The van der Waals surface area contributed by atoms with Gasteiger partial charge >= 0.3 is 5.97 Å². The summed E-state index contributed by atoms with van der Waals surface area (Å²) in [6.07, 6.45) is 2.20. The summed E-state index contributed by atoms with van der Waals surface area (Å²) in [5.74, 6) is -0.373. The van der Waals surface area contributed by atoms with Crippen LogP contribution in [0, 0.1) is 11.7 Å². The van der Waals surface area contributed by atoms with Gasteiger partial charge in [-0.25, -0.2) is 4.39 Å². The predicted octanol–water partition coefficient (Wildman–Crippen LogP) is 2.66. The molecule has 1 saturated heterocycles. The summed E-state index contributed by atoms with van der Waals surface area (Å²) in [4.78, 5) is 13.7. The van der Waals surface area contributed by atoms with Crippen LogP contribution in [0.2, 0.25) is 0 Å². The molecule has 0 N–H and O–H groups in total. The summed E-state index contributed by atoms with van der Waals surface area (Å²) < 4.78 is 17.7. The fourth-order valence-electron chi connectivity index (χ4n) is 2.69. The van der Waals surface area contributed by atoms with Crippen LogP contribution in [-0.2, 0) is 16.0 Å². The molecular formula is C16H18FN3O2S. The molecule has 0 unspecified atom stereocenters. The SMILES string of the molecule is COC(=O)C1CCN(c2nnc(Cc3ccc(F)cc3)s2)CC1. The number of aromatic nitrogens is 2. The molecule has 5 nitrogen and oxygen atoms in total. The molecule has 0 radical (unpaired) electrons. The van der Waals surface area contributed by atoms with Crippen molar-refractivity contribution >= 4 is 22.4 Å². The molecule has 1 aromatic heterocycles. The molecule has 2 aromatic rings. The van der Waals surface area contributed by atoms with Crippen LogP contribution >= 0.6 is 11.3 Å². The highest BCUT2D eigenvalue weighted by molar-refractivity contribution is 7.15. The maximum atomic E-state index is 12.9. The number of benzene rings is 1. The molecule has 0 amide bonds. The molecule has 1 fully saturated rings. The number of halogens is 1. The quantitative estimate of drug-likeness (QED) is 0.804. The van der Waals surface area contributed by atoms with Crippen molar-refractivity contribution in [1.29, 1.82) is 0 Å². The van der Waals surface area contributed by atoms with E-state index in [-0.39, 0.29) is 17.7 Å². The Balaban J connectivity index is 1.59. The van der Waals surface area contributed by atoms with Crippen molar-refractivity contribution in [3.8, 4) is 0 Å². The fourth-order valence-corrected chi connectivity index (χ4v) is 3.62. The summed E-state index contributed by atoms with van der Waals surface area (Å²) in [6.45, 7) is 1.57. The fraction of sp³-hybridized carbons (Fsp3) is 0.438. The van der Waals surface area contributed by atoms with Gasteiger partial charge in [-0.3, -0.25) is 4.79 Å². The number of hydrogen-bond donors (Lipinski definition) is 0. The van der Waals surface area contributed by atoms with E-state index in [9.17, 15) is 9.18 Å². The molecule has 1 aliphatic heterocycles. The Morgan fingerprint density at radius 2 is 2.00 bits per heavy atom. The molecule has 122 valence electrons. The van der Waals surface area contributed by atoms with Gasteiger partial charge in [-0.2, -0.15) is 0 Å². The van der Waals surface area contributed by atoms with Gasteiger partial charge in [-0.05, 0) is 30.5 Å². The van der Waals surface area contributed by atoms with Crippen LogP contribution < -0.4 is 4.90 Å². The average molecular weight is 335 g/mol. The zero-order valence-electron chi connectivity index (χ0n) is 12.9. The van der Waals surface area contributed by atoms with Gasteiger partial charge in [0.25, 0.3) is 0 Å². The van der Waals surface area contributed by atoms with E-state index in [0.29, 0.717) is 6.42 Å². The van der Waals surface area contributed by atoms with E-state index in [4.69, 9.17) is 4.74 Å². The molecule has 23 heavy (non-hydrogen) atoms. The lowest BCUT2D eigenvalue weighted by molar-refractivity contribution is -0.146. The van der Waals surface area contributed by atoms with Crippen LogP contribution in [0.5, 0.6) is 0 Å². The van der Waals surface area contributed by atoms with Crippen molar-refractivity contribution in [2.45, 2.75) is 19.3 Å². The van der Waals surface area contributed by atoms with Crippen LogP contribution in [0.15, 0.2) is 24.3 Å². The van der Waals surface area contributed by atoms with Crippen molar-refractivity contribution in [2.24, 2.45) is 5.92 Å². The average Bonchev–Trinajstić information content (AvgIpc) is 3.05. The number of hydrogen-bond acceptors (Lipinski definition) is 6. The third-order valence-corrected chi connectivity index (χ3v) is 5.01. The Morgan fingerprint density at radius 1 is 1.30 bits per heavy atom. The van der Waals surface area contributed by atoms with Gasteiger partial charge < -0.3 is 9.64 Å². The molecule has 0 bridgehead atoms. The van der Waals surface area contributed by atoms with Crippen molar-refractivity contribution in [1.82, 2.24) is 10.2 Å². The van der Waals surface area contributed by atoms with Crippen molar-refractivity contribution in [2.75, 3.05) is 25.1 Å². The van der Waals surface area contributed by atoms with E-state index in [1.165, 1.54) is 19.2 Å². The minimum atomic E-state index is -0.236. The van der Waals surface area contributed by atoms with Crippen LogP contribution in [0.4, 0.5) is 9.52 Å². The first kappa shape index (κ1) is 15.9. The Hall–Kier alpha value is -2.02. The van der Waals surface area contributed by atoms with Gasteiger partial charge in [0.1, 0.15) is 10.8 Å². The number of methoxy groups -OCH3 is 1. The smallest absolute Gasteiger partial charge is 0.308 e. The van der Waals surface area contributed by atoms with Crippen LogP contribution in [-0.4, -0.2) is 36.4 Å². The van der Waals surface area contributed by atoms with E-state index in [1.807, 2.05) is 0 Å². The molecule has 7 heteroatoms. The Morgan fingerprint density at radius 3 is 2.65 bits per heavy atom. The van der Waals surface area contributed by atoms with Gasteiger partial charge in [0.05, 0.1) is 13.0 Å². The van der Waals surface area contributed by atoms with Crippen molar-refractivity contribution in [3.63, 3.8) is 0 Å². The maximum absolute atomic E-state index is 12.9. The molecule has 0 saturated carbocycles. The number of rotatable bonds is 4. The summed E-state index contributed by atoms with van der Waals surface area (Å²) in [7, 11) is 1.43. The zero-order valence-corrected chi connectivity index (χ0v) is 13.7. The molecule has 1 aromatic carbocycles. The zero-order chi connectivity index (χ0) is 16.2. The van der Waals surface area contributed by atoms with E-state index in [1.54, 1.807) is 23.5 Å². The van der Waals surface area contributed by atoms with E-state index in [0.717, 1.165) is 41.6 Å². The van der Waals surface area contributed by atoms with Crippen molar-refractivity contribution < 1.29 is 13.9 Å². The first-order valence-electron chi connectivity index (χ1n) is 7.55. The number of esters is 1. The predicted molar refractivity (Wildman–Crippen MR) is 86.1 cm³/mol. The second kappa shape index (κ2) is 7.04. The highest BCUT2D eigenvalue weighted by Crippen LogP contribution is 2.27. The maximum Gasteiger partial charge on any atom is 0.308 e. The van der Waals surface area contributed by atoms with Gasteiger partial charge in [0.2, 0.25) is 5.13 Å². The monoisotopic (exact) mass is 335 g/mol. The normalized spacial score (nSPS) is 15.7. The van der Waals surface area contributed by atoms with Crippen LogP contribution in [0.25, 0.3) is 0 Å². The molecule has 0 aliphatic carbocycles. The topological polar surface area (TPSA) is 55.3 Å². The van der Waals surface area contributed by atoms with Gasteiger partial charge in [-0.1, -0.05) is 23.5 Å². The first-order chi connectivity index (χ1) is 11.2. The second-order valence-electron chi connectivity index (χ2n) is 5.57. The Bertz CT molecular complexity index is 666. The minimum absolute atomic E-state index is 0.0112. The van der Waals surface area contributed by atoms with Crippen molar-refractivity contribution in [3.05, 3.63) is 40.7 Å². The molecule has 0 atom stereocenters. The lowest BCUT2D eigenvalue weighted by Gasteiger charge is -2.29. The van der Waals surface area contributed by atoms with Gasteiger partial charge in [0.15, 0.2) is 0 Å². The largest absolute Gasteiger partial charge is 0.469 e. The standard InChI is InChI=1S/C16H18FN3O2S/c1-22-15(21)12-6-8-20(9-7-12)16-19-18-14(23-16)10-11-2-4-13(17)5-3-11/h2-5,12H,6-10H2,1H3. The summed E-state index contributed by atoms with van der Waals surface area (Å²) in [5, 5.41) is 10.3. The molecular weight excluding hydrogens is 317 g/mol. The van der Waals surface area contributed by atoms with Crippen LogP contribution in [0.1, 0.15) is 23.4 Å². The Kier molecular flexibility index (Phi) is 4.85. The van der Waals surface area contributed by atoms with Gasteiger partial charge in [0, 0.05) is 19.5 Å². The number of piperidine rings is 1. The van der Waals surface area contributed by atoms with Crippen LogP contribution in [0.3, 0.4) is 0 Å².